The summed E-state index contributed by atoms with van der Waals surface area (Å²) in [5.74, 6) is 0. The molecule has 0 saturated heterocycles. The van der Waals surface area contributed by atoms with Crippen LogP contribution in [0.2, 0.25) is 0 Å². The molecule has 8 rings (SSSR count). The molecule has 0 fully saturated rings. The van der Waals surface area contributed by atoms with E-state index in [4.69, 9.17) is 6.57 Å². The Kier molecular flexibility index (Phi) is 4.83. The topological polar surface area (TPSA) is 7.60 Å². The van der Waals surface area contributed by atoms with E-state index in [-0.39, 0.29) is 0 Å². The van der Waals surface area contributed by atoms with Crippen LogP contribution in [0.4, 0.5) is 22.7 Å². The highest BCUT2D eigenvalue weighted by Crippen LogP contribution is 2.63. The second-order valence-corrected chi connectivity index (χ2v) is 10.4. The molecule has 0 N–H and O–H groups in total. The number of hydrogen-bond acceptors (Lipinski definition) is 1. The van der Waals surface area contributed by atoms with E-state index in [1.807, 2.05) is 6.07 Å². The molecule has 2 aliphatic carbocycles. The summed E-state index contributed by atoms with van der Waals surface area (Å²) in [6.45, 7) is 7.82. The predicted octanol–water partition coefficient (Wildman–Crippen LogP) is 10.1. The third-order valence-electron chi connectivity index (χ3n) is 8.47. The Morgan fingerprint density at radius 3 is 1.48 bits per heavy atom. The van der Waals surface area contributed by atoms with Crippen molar-refractivity contribution in [3.63, 3.8) is 0 Å². The van der Waals surface area contributed by atoms with Crippen LogP contribution in [0, 0.1) is 6.57 Å². The molecule has 0 bridgehead atoms. The van der Waals surface area contributed by atoms with Gasteiger partial charge in [-0.25, -0.2) is 4.85 Å². The molecule has 2 heteroatoms. The summed E-state index contributed by atoms with van der Waals surface area (Å²) in [4.78, 5) is 6.17. The van der Waals surface area contributed by atoms with E-state index in [9.17, 15) is 0 Å². The summed E-state index contributed by atoms with van der Waals surface area (Å²) in [5.41, 5.74) is 13.5. The fraction of sp³-hybridized carbons (Fsp3) is 0.0263. The van der Waals surface area contributed by atoms with Gasteiger partial charge in [-0.15, -0.1) is 0 Å². The Hall–Kier alpha value is -5.39. The fourth-order valence-corrected chi connectivity index (χ4v) is 6.93. The molecular weight excluding hydrogens is 484 g/mol. The first-order valence-electron chi connectivity index (χ1n) is 13.6. The van der Waals surface area contributed by atoms with Gasteiger partial charge in [-0.3, -0.25) is 0 Å². The van der Waals surface area contributed by atoms with Crippen LogP contribution in [0.1, 0.15) is 22.3 Å². The van der Waals surface area contributed by atoms with E-state index in [1.54, 1.807) is 0 Å². The maximum atomic E-state index is 7.82. The van der Waals surface area contributed by atoms with Crippen LogP contribution in [-0.4, -0.2) is 0 Å². The molecule has 0 radical (unpaired) electrons. The van der Waals surface area contributed by atoms with Gasteiger partial charge < -0.3 is 4.90 Å². The Bertz CT molecular complexity index is 1880. The lowest BCUT2D eigenvalue weighted by Gasteiger charge is -2.32. The number of hydrogen-bond donors (Lipinski definition) is 0. The van der Waals surface area contributed by atoms with Crippen LogP contribution in [0.3, 0.4) is 0 Å². The molecule has 2 nitrogen and oxygen atoms in total. The Balaban J connectivity index is 1.47. The quantitative estimate of drug-likeness (QED) is 0.215. The SMILES string of the molecule is [C-]#[N+]c1ccc2c(c1)C1(c3ccccc3-c3ccccc31)c1cc(N(c3ccccc3)c3ccccc3)ccc1-2. The second kappa shape index (κ2) is 8.56. The van der Waals surface area contributed by atoms with Crippen LogP contribution in [0.5, 0.6) is 0 Å². The van der Waals surface area contributed by atoms with E-state index >= 15 is 0 Å². The van der Waals surface area contributed by atoms with Gasteiger partial charge in [0.15, 0.2) is 5.69 Å². The van der Waals surface area contributed by atoms with Gasteiger partial charge in [0.2, 0.25) is 0 Å². The lowest BCUT2D eigenvalue weighted by atomic mass is 9.70. The van der Waals surface area contributed by atoms with Crippen molar-refractivity contribution < 1.29 is 0 Å². The Morgan fingerprint density at radius 2 is 0.900 bits per heavy atom. The first-order valence-corrected chi connectivity index (χ1v) is 13.6. The zero-order valence-corrected chi connectivity index (χ0v) is 21.8. The summed E-state index contributed by atoms with van der Waals surface area (Å²) >= 11 is 0. The monoisotopic (exact) mass is 508 g/mol. The summed E-state index contributed by atoms with van der Waals surface area (Å²) < 4.78 is 0. The molecular formula is C38H24N2. The molecule has 0 aromatic heterocycles. The predicted molar refractivity (Wildman–Crippen MR) is 164 cm³/mol. The van der Waals surface area contributed by atoms with Crippen molar-refractivity contribution in [2.45, 2.75) is 5.41 Å². The number of fused-ring (bicyclic) bond motifs is 10. The lowest BCUT2D eigenvalue weighted by Crippen LogP contribution is -2.26. The van der Waals surface area contributed by atoms with Crippen molar-refractivity contribution >= 4 is 22.7 Å². The van der Waals surface area contributed by atoms with Crippen molar-refractivity contribution in [3.05, 3.63) is 179 Å². The van der Waals surface area contributed by atoms with Crippen LogP contribution < -0.4 is 4.90 Å². The molecule has 186 valence electrons. The molecule has 2 aliphatic rings. The second-order valence-electron chi connectivity index (χ2n) is 10.4. The zero-order valence-electron chi connectivity index (χ0n) is 21.8. The smallest absolute Gasteiger partial charge is 0.187 e. The molecule has 1 spiro atoms. The molecule has 0 amide bonds. The summed E-state index contributed by atoms with van der Waals surface area (Å²) in [6, 6.07) is 51.8. The largest absolute Gasteiger partial charge is 0.310 e. The normalized spacial score (nSPS) is 13.2. The third kappa shape index (κ3) is 2.98. The number of nitrogens with zero attached hydrogens (tertiary/aromatic N) is 2. The van der Waals surface area contributed by atoms with Crippen molar-refractivity contribution in [2.75, 3.05) is 4.90 Å². The van der Waals surface area contributed by atoms with E-state index in [0.717, 1.165) is 17.1 Å². The van der Waals surface area contributed by atoms with Crippen LogP contribution in [0.25, 0.3) is 27.1 Å². The van der Waals surface area contributed by atoms with Crippen molar-refractivity contribution in [1.29, 1.82) is 0 Å². The van der Waals surface area contributed by atoms with Gasteiger partial charge in [-0.1, -0.05) is 109 Å². The minimum Gasteiger partial charge on any atom is -0.310 e. The average molecular weight is 509 g/mol. The molecule has 0 saturated carbocycles. The van der Waals surface area contributed by atoms with E-state index < -0.39 is 5.41 Å². The van der Waals surface area contributed by atoms with Crippen molar-refractivity contribution in [1.82, 2.24) is 0 Å². The maximum Gasteiger partial charge on any atom is 0.187 e. The van der Waals surface area contributed by atoms with Gasteiger partial charge in [0.1, 0.15) is 0 Å². The minimum atomic E-state index is -0.492. The van der Waals surface area contributed by atoms with E-state index in [1.165, 1.54) is 44.5 Å². The van der Waals surface area contributed by atoms with Gasteiger partial charge in [-0.2, -0.15) is 0 Å². The number of rotatable bonds is 3. The number of para-hydroxylation sites is 2. The zero-order chi connectivity index (χ0) is 26.7. The molecule has 6 aromatic rings. The van der Waals surface area contributed by atoms with Gasteiger partial charge >= 0.3 is 0 Å². The van der Waals surface area contributed by atoms with E-state index in [2.05, 4.69) is 149 Å². The minimum absolute atomic E-state index is 0.492. The maximum absolute atomic E-state index is 7.82. The van der Waals surface area contributed by atoms with Gasteiger partial charge in [0.25, 0.3) is 0 Å². The van der Waals surface area contributed by atoms with Gasteiger partial charge in [0, 0.05) is 17.1 Å². The molecule has 0 heterocycles. The number of anilines is 3. The fourth-order valence-electron chi connectivity index (χ4n) is 6.93. The third-order valence-corrected chi connectivity index (χ3v) is 8.47. The summed E-state index contributed by atoms with van der Waals surface area (Å²) in [6.07, 6.45) is 0. The van der Waals surface area contributed by atoms with Crippen LogP contribution in [0.15, 0.2) is 146 Å². The lowest BCUT2D eigenvalue weighted by molar-refractivity contribution is 0.794. The molecule has 6 aromatic carbocycles. The van der Waals surface area contributed by atoms with Crippen LogP contribution >= 0.6 is 0 Å². The summed E-state index contributed by atoms with van der Waals surface area (Å²) in [7, 11) is 0. The Labute approximate surface area is 234 Å². The molecule has 0 aliphatic heterocycles. The van der Waals surface area contributed by atoms with Gasteiger partial charge in [0.05, 0.1) is 12.0 Å². The molecule has 0 unspecified atom stereocenters. The Morgan fingerprint density at radius 1 is 0.425 bits per heavy atom. The van der Waals surface area contributed by atoms with Crippen LogP contribution in [-0.2, 0) is 5.41 Å². The average Bonchev–Trinajstić information content (AvgIpc) is 3.49. The standard InChI is InChI=1S/C38H24N2/c1-39-26-20-22-32-33-23-21-29(40(27-12-4-2-5-13-27)28-14-6-3-7-15-28)25-37(33)38(36(32)24-26)34-18-10-8-16-30(34)31-17-9-11-19-35(31)38/h2-25H. The first-order chi connectivity index (χ1) is 19.8. The summed E-state index contributed by atoms with van der Waals surface area (Å²) in [5, 5.41) is 0. The van der Waals surface area contributed by atoms with Crippen molar-refractivity contribution in [2.24, 2.45) is 0 Å². The highest BCUT2D eigenvalue weighted by Gasteiger charge is 2.51. The van der Waals surface area contributed by atoms with Crippen molar-refractivity contribution in [3.8, 4) is 22.3 Å². The first kappa shape index (κ1) is 22.6. The molecule has 40 heavy (non-hydrogen) atoms. The van der Waals surface area contributed by atoms with Gasteiger partial charge in [-0.05, 0) is 80.9 Å². The highest BCUT2D eigenvalue weighted by molar-refractivity contribution is 5.96. The van der Waals surface area contributed by atoms with E-state index in [0.29, 0.717) is 5.69 Å². The molecule has 0 atom stereocenters. The highest BCUT2D eigenvalue weighted by atomic mass is 15.1. The number of benzene rings is 6.